The Balaban J connectivity index is 2.45. The van der Waals surface area contributed by atoms with E-state index in [1.807, 2.05) is 6.92 Å². The van der Waals surface area contributed by atoms with Gasteiger partial charge in [-0.15, -0.1) is 0 Å². The second-order valence-electron chi connectivity index (χ2n) is 2.85. The minimum atomic E-state index is -0.815. The molecule has 0 radical (unpaired) electrons. The van der Waals surface area contributed by atoms with Crippen molar-refractivity contribution in [2.45, 2.75) is 26.2 Å². The van der Waals surface area contributed by atoms with Gasteiger partial charge in [-0.05, 0) is 25.7 Å². The summed E-state index contributed by atoms with van der Waals surface area (Å²) in [5, 5.41) is 8.38. The molecule has 0 unspecified atom stereocenters. The zero-order chi connectivity index (χ0) is 7.56. The molecule has 0 atom stereocenters. The molecular formula is C8H12O2. The maximum absolute atomic E-state index is 10.2. The first-order valence-corrected chi connectivity index (χ1v) is 3.61. The van der Waals surface area contributed by atoms with E-state index >= 15 is 0 Å². The van der Waals surface area contributed by atoms with E-state index in [0.717, 1.165) is 5.57 Å². The zero-order valence-electron chi connectivity index (χ0n) is 6.13. The van der Waals surface area contributed by atoms with Crippen LogP contribution >= 0.6 is 0 Å². The van der Waals surface area contributed by atoms with Crippen molar-refractivity contribution in [3.8, 4) is 0 Å². The lowest BCUT2D eigenvalue weighted by molar-refractivity contribution is -0.131. The Kier molecular flexibility index (Phi) is 2.10. The number of allylic oxidation sites excluding steroid dienone is 1. The van der Waals surface area contributed by atoms with Crippen molar-refractivity contribution >= 4 is 5.97 Å². The van der Waals surface area contributed by atoms with Gasteiger partial charge >= 0.3 is 5.97 Å². The van der Waals surface area contributed by atoms with Gasteiger partial charge in [0, 0.05) is 6.08 Å². The molecule has 1 N–H and O–H groups in total. The summed E-state index contributed by atoms with van der Waals surface area (Å²) < 4.78 is 0. The van der Waals surface area contributed by atoms with Gasteiger partial charge in [0.25, 0.3) is 0 Å². The fourth-order valence-electron chi connectivity index (χ4n) is 1.18. The first kappa shape index (κ1) is 7.32. The largest absolute Gasteiger partial charge is 0.478 e. The molecule has 0 aromatic carbocycles. The molecule has 1 rings (SSSR count). The summed E-state index contributed by atoms with van der Waals surface area (Å²) >= 11 is 0. The molecule has 0 amide bonds. The van der Waals surface area contributed by atoms with Crippen molar-refractivity contribution in [1.82, 2.24) is 0 Å². The van der Waals surface area contributed by atoms with Gasteiger partial charge in [-0.25, -0.2) is 4.79 Å². The predicted molar refractivity (Wildman–Crippen MR) is 38.7 cm³/mol. The topological polar surface area (TPSA) is 37.3 Å². The summed E-state index contributed by atoms with van der Waals surface area (Å²) in [4.78, 5) is 10.2. The fraction of sp³-hybridized carbons (Fsp3) is 0.625. The summed E-state index contributed by atoms with van der Waals surface area (Å²) in [6.45, 7) is 1.90. The molecule has 1 saturated carbocycles. The normalized spacial score (nSPS) is 20.3. The second kappa shape index (κ2) is 2.86. The molecule has 2 heteroatoms. The van der Waals surface area contributed by atoms with Crippen LogP contribution in [-0.2, 0) is 4.79 Å². The molecule has 1 fully saturated rings. The Bertz CT molecular complexity index is 166. The Morgan fingerprint density at radius 3 is 2.50 bits per heavy atom. The number of carbonyl (C=O) groups is 1. The quantitative estimate of drug-likeness (QED) is 0.594. The number of carboxylic acids is 1. The van der Waals surface area contributed by atoms with E-state index in [0.29, 0.717) is 5.92 Å². The van der Waals surface area contributed by atoms with Crippen LogP contribution in [0.4, 0.5) is 0 Å². The highest BCUT2D eigenvalue weighted by atomic mass is 16.4. The highest BCUT2D eigenvalue weighted by Crippen LogP contribution is 2.32. The van der Waals surface area contributed by atoms with E-state index in [1.54, 1.807) is 0 Å². The Labute approximate surface area is 60.6 Å². The van der Waals surface area contributed by atoms with E-state index in [9.17, 15) is 4.79 Å². The fourth-order valence-corrected chi connectivity index (χ4v) is 1.18. The molecular weight excluding hydrogens is 128 g/mol. The molecule has 56 valence electrons. The molecule has 0 aliphatic heterocycles. The standard InChI is InChI=1S/C8H12O2/c1-6(5-8(9)10)7-3-2-4-7/h5,7H,2-4H2,1H3,(H,9,10)/b6-5+. The van der Waals surface area contributed by atoms with Crippen LogP contribution in [0, 0.1) is 5.92 Å². The van der Waals surface area contributed by atoms with Gasteiger partial charge in [0.05, 0.1) is 0 Å². The third-order valence-electron chi connectivity index (χ3n) is 2.10. The average molecular weight is 140 g/mol. The maximum atomic E-state index is 10.2. The van der Waals surface area contributed by atoms with Crippen LogP contribution < -0.4 is 0 Å². The van der Waals surface area contributed by atoms with Crippen LogP contribution in [0.25, 0.3) is 0 Å². The molecule has 10 heavy (non-hydrogen) atoms. The van der Waals surface area contributed by atoms with Gasteiger partial charge in [-0.3, -0.25) is 0 Å². The monoisotopic (exact) mass is 140 g/mol. The van der Waals surface area contributed by atoms with Crippen LogP contribution in [-0.4, -0.2) is 11.1 Å². The Hall–Kier alpha value is -0.790. The number of aliphatic carboxylic acids is 1. The molecule has 0 heterocycles. The summed E-state index contributed by atoms with van der Waals surface area (Å²) in [7, 11) is 0. The molecule has 0 aromatic rings. The van der Waals surface area contributed by atoms with Gasteiger partial charge < -0.3 is 5.11 Å². The molecule has 1 aliphatic rings. The van der Waals surface area contributed by atoms with Crippen molar-refractivity contribution in [3.05, 3.63) is 11.6 Å². The SMILES string of the molecule is C/C(=C\C(=O)O)C1CCC1. The third-order valence-corrected chi connectivity index (χ3v) is 2.10. The molecule has 2 nitrogen and oxygen atoms in total. The number of hydrogen-bond acceptors (Lipinski definition) is 1. The van der Waals surface area contributed by atoms with Crippen molar-refractivity contribution in [3.63, 3.8) is 0 Å². The first-order chi connectivity index (χ1) is 4.70. The van der Waals surface area contributed by atoms with E-state index in [-0.39, 0.29) is 0 Å². The molecule has 0 saturated heterocycles. The van der Waals surface area contributed by atoms with Gasteiger partial charge in [-0.2, -0.15) is 0 Å². The van der Waals surface area contributed by atoms with E-state index < -0.39 is 5.97 Å². The lowest BCUT2D eigenvalue weighted by Crippen LogP contribution is -2.12. The number of carboxylic acid groups (broad SMARTS) is 1. The number of hydrogen-bond donors (Lipinski definition) is 1. The third kappa shape index (κ3) is 1.59. The van der Waals surface area contributed by atoms with Crippen LogP contribution in [0.2, 0.25) is 0 Å². The molecule has 1 aliphatic carbocycles. The predicted octanol–water partition coefficient (Wildman–Crippen LogP) is 1.82. The summed E-state index contributed by atoms with van der Waals surface area (Å²) in [5.41, 5.74) is 1.03. The lowest BCUT2D eigenvalue weighted by atomic mass is 9.80. The molecule has 0 bridgehead atoms. The molecule has 0 aromatic heterocycles. The highest BCUT2D eigenvalue weighted by Gasteiger charge is 2.19. The Morgan fingerprint density at radius 1 is 1.60 bits per heavy atom. The van der Waals surface area contributed by atoms with Crippen molar-refractivity contribution in [1.29, 1.82) is 0 Å². The second-order valence-corrected chi connectivity index (χ2v) is 2.85. The first-order valence-electron chi connectivity index (χ1n) is 3.61. The van der Waals surface area contributed by atoms with Gasteiger partial charge in [0.15, 0.2) is 0 Å². The van der Waals surface area contributed by atoms with E-state index in [2.05, 4.69) is 0 Å². The zero-order valence-corrected chi connectivity index (χ0v) is 6.13. The van der Waals surface area contributed by atoms with Crippen molar-refractivity contribution in [2.75, 3.05) is 0 Å². The highest BCUT2D eigenvalue weighted by molar-refractivity contribution is 5.80. The summed E-state index contributed by atoms with van der Waals surface area (Å²) in [5.74, 6) is -0.250. The van der Waals surface area contributed by atoms with Gasteiger partial charge in [0.1, 0.15) is 0 Å². The minimum absolute atomic E-state index is 0.566. The Morgan fingerprint density at radius 2 is 2.20 bits per heavy atom. The van der Waals surface area contributed by atoms with Crippen LogP contribution in [0.5, 0.6) is 0 Å². The summed E-state index contributed by atoms with van der Waals surface area (Å²) in [6.07, 6.45) is 4.94. The van der Waals surface area contributed by atoms with Crippen molar-refractivity contribution in [2.24, 2.45) is 5.92 Å². The van der Waals surface area contributed by atoms with Crippen LogP contribution in [0.3, 0.4) is 0 Å². The van der Waals surface area contributed by atoms with Gasteiger partial charge in [0.2, 0.25) is 0 Å². The minimum Gasteiger partial charge on any atom is -0.478 e. The van der Waals surface area contributed by atoms with Gasteiger partial charge in [-0.1, -0.05) is 12.0 Å². The average Bonchev–Trinajstić information content (AvgIpc) is 1.55. The smallest absolute Gasteiger partial charge is 0.328 e. The van der Waals surface area contributed by atoms with E-state index in [1.165, 1.54) is 25.3 Å². The van der Waals surface area contributed by atoms with E-state index in [4.69, 9.17) is 5.11 Å². The summed E-state index contributed by atoms with van der Waals surface area (Å²) in [6, 6.07) is 0. The lowest BCUT2D eigenvalue weighted by Gasteiger charge is -2.25. The van der Waals surface area contributed by atoms with Crippen LogP contribution in [0.15, 0.2) is 11.6 Å². The maximum Gasteiger partial charge on any atom is 0.328 e. The van der Waals surface area contributed by atoms with Crippen LogP contribution in [0.1, 0.15) is 26.2 Å². The number of rotatable bonds is 2. The van der Waals surface area contributed by atoms with Crippen molar-refractivity contribution < 1.29 is 9.90 Å². The molecule has 0 spiro atoms.